The second kappa shape index (κ2) is 8.56. The number of aryl methyl sites for hydroxylation is 1. The van der Waals surface area contributed by atoms with Crippen molar-refractivity contribution in [1.82, 2.24) is 10.2 Å². The van der Waals surface area contributed by atoms with E-state index >= 15 is 0 Å². The van der Waals surface area contributed by atoms with E-state index in [-0.39, 0.29) is 5.56 Å². The third-order valence-corrected chi connectivity index (χ3v) is 3.43. The first-order valence-corrected chi connectivity index (χ1v) is 7.54. The van der Waals surface area contributed by atoms with E-state index in [0.717, 1.165) is 11.3 Å². The van der Waals surface area contributed by atoms with Crippen molar-refractivity contribution in [2.45, 2.75) is 40.5 Å². The summed E-state index contributed by atoms with van der Waals surface area (Å²) >= 11 is 0. The molecule has 118 valence electrons. The van der Waals surface area contributed by atoms with Gasteiger partial charge in [-0.25, -0.2) is 4.79 Å². The van der Waals surface area contributed by atoms with Gasteiger partial charge in [0.25, 0.3) is 0 Å². The number of carboxylic acid groups (broad SMARTS) is 1. The average Bonchev–Trinajstić information content (AvgIpc) is 2.50. The van der Waals surface area contributed by atoms with Crippen LogP contribution in [0.15, 0.2) is 0 Å². The Balaban J connectivity index is 3.23. The lowest BCUT2D eigenvalue weighted by molar-refractivity contribution is 0.0695. The van der Waals surface area contributed by atoms with Gasteiger partial charge in [0.1, 0.15) is 5.56 Å². The minimum Gasteiger partial charge on any atom is -0.478 e. The Labute approximate surface area is 126 Å². The average molecular weight is 295 g/mol. The fraction of sp³-hybridized carbons (Fsp3) is 0.667. The van der Waals surface area contributed by atoms with E-state index in [0.29, 0.717) is 45.0 Å². The number of ether oxygens (including phenoxy) is 1. The molecule has 1 heterocycles. The summed E-state index contributed by atoms with van der Waals surface area (Å²) < 4.78 is 5.35. The molecule has 21 heavy (non-hydrogen) atoms. The highest BCUT2D eigenvalue weighted by Crippen LogP contribution is 2.24. The van der Waals surface area contributed by atoms with Crippen LogP contribution in [0.4, 0.5) is 5.82 Å². The van der Waals surface area contributed by atoms with Gasteiger partial charge < -0.3 is 14.7 Å². The van der Waals surface area contributed by atoms with Crippen LogP contribution in [-0.2, 0) is 17.6 Å². The highest BCUT2D eigenvalue weighted by Gasteiger charge is 2.23. The van der Waals surface area contributed by atoms with Crippen LogP contribution in [0.2, 0.25) is 0 Å². The highest BCUT2D eigenvalue weighted by molar-refractivity contribution is 5.95. The molecule has 1 rings (SSSR count). The minimum absolute atomic E-state index is 0.280. The van der Waals surface area contributed by atoms with E-state index in [9.17, 15) is 9.90 Å². The highest BCUT2D eigenvalue weighted by atomic mass is 16.5. The first kappa shape index (κ1) is 17.4. The third kappa shape index (κ3) is 4.14. The van der Waals surface area contributed by atoms with Crippen molar-refractivity contribution in [1.29, 1.82) is 0 Å². The molecule has 0 atom stereocenters. The van der Waals surface area contributed by atoms with Gasteiger partial charge in [-0.1, -0.05) is 13.8 Å². The summed E-state index contributed by atoms with van der Waals surface area (Å²) in [5.74, 6) is -0.500. The van der Waals surface area contributed by atoms with Crippen LogP contribution in [0.25, 0.3) is 0 Å². The Morgan fingerprint density at radius 2 is 1.90 bits per heavy atom. The fourth-order valence-electron chi connectivity index (χ4n) is 2.34. The predicted molar refractivity (Wildman–Crippen MR) is 82.1 cm³/mol. The van der Waals surface area contributed by atoms with E-state index in [1.54, 1.807) is 0 Å². The zero-order valence-corrected chi connectivity index (χ0v) is 13.3. The number of rotatable bonds is 9. The van der Waals surface area contributed by atoms with Crippen molar-refractivity contribution in [2.24, 2.45) is 0 Å². The number of aromatic carboxylic acids is 1. The number of likely N-dealkylation sites (N-methyl/N-ethyl adjacent to an activating group) is 1. The summed E-state index contributed by atoms with van der Waals surface area (Å²) in [7, 11) is 0. The minimum atomic E-state index is -0.943. The summed E-state index contributed by atoms with van der Waals surface area (Å²) in [5, 5.41) is 18.0. The zero-order chi connectivity index (χ0) is 15.8. The Morgan fingerprint density at radius 3 is 2.38 bits per heavy atom. The van der Waals surface area contributed by atoms with Crippen molar-refractivity contribution in [2.75, 3.05) is 31.2 Å². The van der Waals surface area contributed by atoms with Crippen LogP contribution >= 0.6 is 0 Å². The topological polar surface area (TPSA) is 75.5 Å². The van der Waals surface area contributed by atoms with Gasteiger partial charge in [-0.3, -0.25) is 0 Å². The number of carbonyl (C=O) groups is 1. The largest absolute Gasteiger partial charge is 0.478 e. The lowest BCUT2D eigenvalue weighted by atomic mass is 10.0. The van der Waals surface area contributed by atoms with Gasteiger partial charge in [0.2, 0.25) is 0 Å². The molecule has 0 amide bonds. The summed E-state index contributed by atoms with van der Waals surface area (Å²) in [6, 6.07) is 0. The van der Waals surface area contributed by atoms with E-state index in [2.05, 4.69) is 10.2 Å². The second-order valence-electron chi connectivity index (χ2n) is 4.61. The maximum absolute atomic E-state index is 11.7. The molecular formula is C15H25N3O3. The third-order valence-electron chi connectivity index (χ3n) is 3.43. The molecule has 0 aliphatic carbocycles. The van der Waals surface area contributed by atoms with Gasteiger partial charge in [-0.2, -0.15) is 5.10 Å². The Bertz CT molecular complexity index is 477. The first-order valence-electron chi connectivity index (χ1n) is 7.54. The lowest BCUT2D eigenvalue weighted by Crippen LogP contribution is -2.31. The van der Waals surface area contributed by atoms with Crippen LogP contribution in [0.5, 0.6) is 0 Å². The van der Waals surface area contributed by atoms with Crippen molar-refractivity contribution < 1.29 is 14.6 Å². The van der Waals surface area contributed by atoms with Gasteiger partial charge in [0.15, 0.2) is 5.82 Å². The molecule has 0 unspecified atom stereocenters. The monoisotopic (exact) mass is 295 g/mol. The molecule has 1 N–H and O–H groups in total. The molecule has 0 radical (unpaired) electrons. The fourth-order valence-corrected chi connectivity index (χ4v) is 2.34. The molecule has 0 aliphatic rings. The molecule has 6 heteroatoms. The van der Waals surface area contributed by atoms with E-state index in [1.807, 2.05) is 32.6 Å². The van der Waals surface area contributed by atoms with Gasteiger partial charge in [0, 0.05) is 19.7 Å². The normalized spacial score (nSPS) is 10.7. The summed E-state index contributed by atoms with van der Waals surface area (Å²) in [6.45, 7) is 10.3. The quantitative estimate of drug-likeness (QED) is 0.704. The maximum atomic E-state index is 11.7. The molecule has 0 aliphatic heterocycles. The molecule has 0 bridgehead atoms. The van der Waals surface area contributed by atoms with E-state index < -0.39 is 5.97 Å². The molecule has 1 aromatic heterocycles. The summed E-state index contributed by atoms with van der Waals surface area (Å²) in [5.41, 5.74) is 1.83. The predicted octanol–water partition coefficient (Wildman–Crippen LogP) is 2.16. The number of carboxylic acids is 1. The maximum Gasteiger partial charge on any atom is 0.339 e. The number of hydrogen-bond acceptors (Lipinski definition) is 5. The molecule has 1 aromatic rings. The summed E-state index contributed by atoms with van der Waals surface area (Å²) in [6.07, 6.45) is 1.32. The second-order valence-corrected chi connectivity index (χ2v) is 4.61. The lowest BCUT2D eigenvalue weighted by Gasteiger charge is -2.24. The number of anilines is 1. The Morgan fingerprint density at radius 1 is 1.19 bits per heavy atom. The first-order chi connectivity index (χ1) is 10.1. The van der Waals surface area contributed by atoms with Crippen LogP contribution < -0.4 is 4.90 Å². The van der Waals surface area contributed by atoms with Crippen molar-refractivity contribution in [3.63, 3.8) is 0 Å². The standard InChI is InChI=1S/C15H25N3O3/c1-5-11-12(6-2)16-17-14(13(11)15(19)20)18(7-3)9-10-21-8-4/h5-10H2,1-4H3,(H,19,20). The van der Waals surface area contributed by atoms with Crippen molar-refractivity contribution >= 4 is 11.8 Å². The molecule has 0 saturated carbocycles. The molecule has 0 aromatic carbocycles. The summed E-state index contributed by atoms with van der Waals surface area (Å²) in [4.78, 5) is 13.6. The molecule has 6 nitrogen and oxygen atoms in total. The number of hydrogen-bond donors (Lipinski definition) is 1. The van der Waals surface area contributed by atoms with E-state index in [1.165, 1.54) is 0 Å². The van der Waals surface area contributed by atoms with Gasteiger partial charge in [-0.05, 0) is 32.3 Å². The van der Waals surface area contributed by atoms with Crippen molar-refractivity contribution in [3.8, 4) is 0 Å². The SMILES string of the molecule is CCOCCN(CC)c1nnc(CC)c(CC)c1C(=O)O. The molecule has 0 saturated heterocycles. The van der Waals surface area contributed by atoms with Gasteiger partial charge in [0.05, 0.1) is 12.3 Å². The van der Waals surface area contributed by atoms with Gasteiger partial charge >= 0.3 is 5.97 Å². The molecular weight excluding hydrogens is 270 g/mol. The van der Waals surface area contributed by atoms with Crippen LogP contribution in [0.1, 0.15) is 49.3 Å². The van der Waals surface area contributed by atoms with Gasteiger partial charge in [-0.15, -0.1) is 5.10 Å². The Hall–Kier alpha value is -1.69. The Kier molecular flexibility index (Phi) is 7.08. The van der Waals surface area contributed by atoms with E-state index in [4.69, 9.17) is 4.74 Å². The van der Waals surface area contributed by atoms with Crippen LogP contribution in [0.3, 0.4) is 0 Å². The molecule has 0 fully saturated rings. The molecule has 0 spiro atoms. The van der Waals surface area contributed by atoms with Crippen LogP contribution in [-0.4, -0.2) is 47.6 Å². The smallest absolute Gasteiger partial charge is 0.339 e. The zero-order valence-electron chi connectivity index (χ0n) is 13.3. The van der Waals surface area contributed by atoms with Crippen LogP contribution in [0, 0.1) is 0 Å². The van der Waals surface area contributed by atoms with Crippen molar-refractivity contribution in [3.05, 3.63) is 16.8 Å². The number of nitrogens with zero attached hydrogens (tertiary/aromatic N) is 3. The number of aromatic nitrogens is 2.